The summed E-state index contributed by atoms with van der Waals surface area (Å²) in [6.45, 7) is 5.77. The van der Waals surface area contributed by atoms with Crippen molar-refractivity contribution in [2.75, 3.05) is 30.9 Å². The van der Waals surface area contributed by atoms with Gasteiger partial charge in [-0.3, -0.25) is 5.43 Å². The molecule has 0 radical (unpaired) electrons. The summed E-state index contributed by atoms with van der Waals surface area (Å²) in [5, 5.41) is 7.49. The summed E-state index contributed by atoms with van der Waals surface area (Å²) in [6.07, 6.45) is 1.69. The highest BCUT2D eigenvalue weighted by molar-refractivity contribution is 7.89. The van der Waals surface area contributed by atoms with E-state index in [0.29, 0.717) is 5.69 Å². The SMILES string of the molecule is CCN(Cc1ccccc1)c1ccc(C=NNC(=S)Nc2cc(S(=O)(=O)N(C)C)ccc2C)cc1. The zero-order valence-electron chi connectivity index (χ0n) is 20.4. The topological polar surface area (TPSA) is 77.0 Å². The molecule has 35 heavy (non-hydrogen) atoms. The monoisotopic (exact) mass is 509 g/mol. The van der Waals surface area contributed by atoms with Crippen LogP contribution < -0.4 is 15.6 Å². The van der Waals surface area contributed by atoms with Crippen LogP contribution in [0.4, 0.5) is 11.4 Å². The molecule has 0 unspecified atom stereocenters. The lowest BCUT2D eigenvalue weighted by Gasteiger charge is -2.23. The Morgan fingerprint density at radius 3 is 2.34 bits per heavy atom. The van der Waals surface area contributed by atoms with E-state index in [1.165, 1.54) is 24.0 Å². The van der Waals surface area contributed by atoms with E-state index in [0.717, 1.165) is 29.9 Å². The lowest BCUT2D eigenvalue weighted by molar-refractivity contribution is 0.521. The van der Waals surface area contributed by atoms with Gasteiger partial charge >= 0.3 is 0 Å². The van der Waals surface area contributed by atoms with E-state index >= 15 is 0 Å². The molecule has 9 heteroatoms. The van der Waals surface area contributed by atoms with Gasteiger partial charge in [-0.1, -0.05) is 48.5 Å². The first-order valence-corrected chi connectivity index (χ1v) is 13.1. The van der Waals surface area contributed by atoms with Gasteiger partial charge < -0.3 is 10.2 Å². The third kappa shape index (κ3) is 7.11. The molecular formula is C26H31N5O2S2. The van der Waals surface area contributed by atoms with Crippen molar-refractivity contribution in [1.82, 2.24) is 9.73 Å². The highest BCUT2D eigenvalue weighted by Crippen LogP contribution is 2.22. The Morgan fingerprint density at radius 2 is 1.71 bits per heavy atom. The molecule has 0 saturated carbocycles. The van der Waals surface area contributed by atoms with Crippen LogP contribution in [0.15, 0.2) is 82.8 Å². The number of sulfonamides is 1. The fourth-order valence-corrected chi connectivity index (χ4v) is 4.47. The van der Waals surface area contributed by atoms with Crippen LogP contribution in [0.2, 0.25) is 0 Å². The van der Waals surface area contributed by atoms with Gasteiger partial charge in [0.2, 0.25) is 10.0 Å². The predicted octanol–water partition coefficient (Wildman–Crippen LogP) is 4.59. The first-order valence-electron chi connectivity index (χ1n) is 11.2. The van der Waals surface area contributed by atoms with Crippen LogP contribution in [-0.4, -0.2) is 44.7 Å². The van der Waals surface area contributed by atoms with Crippen molar-refractivity contribution in [1.29, 1.82) is 0 Å². The zero-order valence-corrected chi connectivity index (χ0v) is 22.0. The molecule has 0 aliphatic carbocycles. The van der Waals surface area contributed by atoms with Gasteiger partial charge in [0.15, 0.2) is 5.11 Å². The molecule has 3 aromatic rings. The Balaban J connectivity index is 1.60. The van der Waals surface area contributed by atoms with Gasteiger partial charge in [0.1, 0.15) is 0 Å². The number of benzene rings is 3. The van der Waals surface area contributed by atoms with Crippen LogP contribution in [0.25, 0.3) is 0 Å². The number of thiocarbonyl (C=S) groups is 1. The molecule has 0 spiro atoms. The quantitative estimate of drug-likeness (QED) is 0.250. The van der Waals surface area contributed by atoms with Crippen molar-refractivity contribution < 1.29 is 8.42 Å². The minimum absolute atomic E-state index is 0.190. The van der Waals surface area contributed by atoms with E-state index in [1.807, 2.05) is 25.1 Å². The molecule has 0 amide bonds. The standard InChI is InChI=1S/C26H31N5O2S2/c1-5-31(19-22-9-7-6-8-10-22)23-14-12-21(13-15-23)18-27-29-26(34)28-25-17-24(16-11-20(25)2)35(32,33)30(3)4/h6-18H,5,19H2,1-4H3,(H2,28,29,34). The molecule has 7 nitrogen and oxygen atoms in total. The zero-order chi connectivity index (χ0) is 25.4. The van der Waals surface area contributed by atoms with E-state index in [2.05, 4.69) is 64.1 Å². The molecule has 3 aromatic carbocycles. The molecule has 0 fully saturated rings. The van der Waals surface area contributed by atoms with E-state index < -0.39 is 10.0 Å². The number of aryl methyl sites for hydroxylation is 1. The Hall–Kier alpha value is -3.27. The number of anilines is 2. The fraction of sp³-hybridized carbons (Fsp3) is 0.231. The van der Waals surface area contributed by atoms with Gasteiger partial charge in [0.05, 0.1) is 11.1 Å². The van der Waals surface area contributed by atoms with Crippen LogP contribution in [0.3, 0.4) is 0 Å². The van der Waals surface area contributed by atoms with Gasteiger partial charge in [-0.2, -0.15) is 5.10 Å². The second-order valence-corrected chi connectivity index (χ2v) is 10.7. The van der Waals surface area contributed by atoms with Crippen LogP contribution >= 0.6 is 12.2 Å². The first-order chi connectivity index (χ1) is 16.7. The van der Waals surface area contributed by atoms with E-state index in [9.17, 15) is 8.42 Å². The third-order valence-corrected chi connectivity index (χ3v) is 7.48. The maximum absolute atomic E-state index is 12.4. The normalized spacial score (nSPS) is 11.6. The molecule has 0 aliphatic heterocycles. The minimum atomic E-state index is -3.54. The molecule has 0 atom stereocenters. The Labute approximate surface area is 213 Å². The molecule has 184 valence electrons. The number of nitrogens with one attached hydrogen (secondary N) is 2. The number of nitrogens with zero attached hydrogens (tertiary/aromatic N) is 3. The average Bonchev–Trinajstić information content (AvgIpc) is 2.85. The van der Waals surface area contributed by atoms with Gasteiger partial charge in [-0.05, 0) is 67.0 Å². The summed E-state index contributed by atoms with van der Waals surface area (Å²) in [5.41, 5.74) is 7.59. The predicted molar refractivity (Wildman–Crippen MR) is 149 cm³/mol. The van der Waals surface area contributed by atoms with Crippen molar-refractivity contribution in [2.45, 2.75) is 25.3 Å². The number of hydrazone groups is 1. The fourth-order valence-electron chi connectivity index (χ4n) is 3.38. The smallest absolute Gasteiger partial charge is 0.242 e. The highest BCUT2D eigenvalue weighted by Gasteiger charge is 2.18. The van der Waals surface area contributed by atoms with E-state index in [-0.39, 0.29) is 10.0 Å². The summed E-state index contributed by atoms with van der Waals surface area (Å²) < 4.78 is 26.0. The maximum atomic E-state index is 12.4. The Bertz CT molecular complexity index is 1270. The molecule has 0 bridgehead atoms. The average molecular weight is 510 g/mol. The lowest BCUT2D eigenvalue weighted by atomic mass is 10.1. The van der Waals surface area contributed by atoms with Crippen LogP contribution in [0.5, 0.6) is 0 Å². The summed E-state index contributed by atoms with van der Waals surface area (Å²) in [5.74, 6) is 0. The van der Waals surface area contributed by atoms with Crippen LogP contribution in [0.1, 0.15) is 23.6 Å². The van der Waals surface area contributed by atoms with Crippen molar-refractivity contribution in [3.63, 3.8) is 0 Å². The molecule has 0 aliphatic rings. The summed E-state index contributed by atoms with van der Waals surface area (Å²) >= 11 is 5.33. The van der Waals surface area contributed by atoms with E-state index in [4.69, 9.17) is 12.2 Å². The number of hydrogen-bond donors (Lipinski definition) is 2. The van der Waals surface area contributed by atoms with Gasteiger partial charge in [0, 0.05) is 38.6 Å². The van der Waals surface area contributed by atoms with Crippen LogP contribution in [0, 0.1) is 6.92 Å². The first kappa shape index (κ1) is 26.3. The van der Waals surface area contributed by atoms with Gasteiger partial charge in [0.25, 0.3) is 0 Å². The second-order valence-electron chi connectivity index (χ2n) is 8.18. The molecule has 2 N–H and O–H groups in total. The van der Waals surface area contributed by atoms with E-state index in [1.54, 1.807) is 24.4 Å². The molecule has 3 rings (SSSR count). The minimum Gasteiger partial charge on any atom is -0.367 e. The molecule has 0 saturated heterocycles. The lowest BCUT2D eigenvalue weighted by Crippen LogP contribution is -2.25. The molecular weight excluding hydrogens is 478 g/mol. The summed E-state index contributed by atoms with van der Waals surface area (Å²) in [7, 11) is -0.540. The number of hydrogen-bond acceptors (Lipinski definition) is 5. The second kappa shape index (κ2) is 11.9. The molecule has 0 aromatic heterocycles. The third-order valence-electron chi connectivity index (χ3n) is 5.47. The largest absolute Gasteiger partial charge is 0.367 e. The van der Waals surface area contributed by atoms with Crippen molar-refractivity contribution in [3.05, 3.63) is 89.5 Å². The maximum Gasteiger partial charge on any atom is 0.242 e. The molecule has 0 heterocycles. The van der Waals surface area contributed by atoms with Gasteiger partial charge in [-0.25, -0.2) is 12.7 Å². The highest BCUT2D eigenvalue weighted by atomic mass is 32.2. The number of rotatable bonds is 9. The Morgan fingerprint density at radius 1 is 1.03 bits per heavy atom. The summed E-state index contributed by atoms with van der Waals surface area (Å²) in [4.78, 5) is 2.50. The van der Waals surface area contributed by atoms with Crippen molar-refractivity contribution in [2.24, 2.45) is 5.10 Å². The van der Waals surface area contributed by atoms with Crippen LogP contribution in [-0.2, 0) is 16.6 Å². The van der Waals surface area contributed by atoms with Crippen molar-refractivity contribution in [3.8, 4) is 0 Å². The van der Waals surface area contributed by atoms with Gasteiger partial charge in [-0.15, -0.1) is 0 Å². The summed E-state index contributed by atoms with van der Waals surface area (Å²) in [6, 6.07) is 23.4. The Kier molecular flexibility index (Phi) is 8.97. The van der Waals surface area contributed by atoms with Crippen molar-refractivity contribution >= 4 is 44.9 Å².